The van der Waals surface area contributed by atoms with Crippen LogP contribution in [0.15, 0.2) is 54.4 Å². The van der Waals surface area contributed by atoms with Gasteiger partial charge in [-0.15, -0.1) is 34.9 Å². The molecule has 1 aromatic heterocycles. The number of carbonyl (C=O) groups excluding carboxylic acids is 1. The number of hydrogen-bond donors (Lipinski definition) is 1. The second-order valence-electron chi connectivity index (χ2n) is 10.4. The minimum absolute atomic E-state index is 0. The van der Waals surface area contributed by atoms with E-state index in [-0.39, 0.29) is 37.1 Å². The van der Waals surface area contributed by atoms with Gasteiger partial charge < -0.3 is 10.1 Å². The molecule has 0 amide bonds. The summed E-state index contributed by atoms with van der Waals surface area (Å²) in [6.45, 7) is 17.5. The van der Waals surface area contributed by atoms with Crippen molar-refractivity contribution in [3.63, 3.8) is 0 Å². The molecule has 0 bridgehead atoms. The Balaban J connectivity index is 0.000000346. The second kappa shape index (κ2) is 11.2. The van der Waals surface area contributed by atoms with Gasteiger partial charge >= 0.3 is 0 Å². The van der Waals surface area contributed by atoms with Crippen LogP contribution >= 0.6 is 0 Å². The Morgan fingerprint density at radius 2 is 1.55 bits per heavy atom. The Morgan fingerprint density at radius 3 is 2.12 bits per heavy atom. The number of aryl methyl sites for hydroxylation is 2. The molecule has 1 heterocycles. The van der Waals surface area contributed by atoms with Crippen LogP contribution in [0.25, 0.3) is 22.0 Å². The molecule has 3 aromatic rings. The van der Waals surface area contributed by atoms with Gasteiger partial charge in [-0.1, -0.05) is 85.2 Å². The quantitative estimate of drug-likeness (QED) is 0.181. The number of pyridine rings is 1. The molecule has 0 aliphatic heterocycles. The topological polar surface area (TPSA) is 50.2 Å². The largest absolute Gasteiger partial charge is 0.512 e. The summed E-state index contributed by atoms with van der Waals surface area (Å²) < 4.78 is 0. The Kier molecular flexibility index (Phi) is 9.78. The fraction of sp³-hybridized carbons (Fsp3) is 0.379. The van der Waals surface area contributed by atoms with Crippen LogP contribution < -0.4 is 0 Å². The summed E-state index contributed by atoms with van der Waals surface area (Å²) in [6.07, 6.45) is 3.28. The number of aliphatic hydroxyl groups is 1. The zero-order valence-corrected chi connectivity index (χ0v) is 23.6. The van der Waals surface area contributed by atoms with Gasteiger partial charge in [0.2, 0.25) is 0 Å². The number of aliphatic hydroxyl groups excluding tert-OH is 1. The molecule has 0 saturated carbocycles. The molecule has 179 valence electrons. The predicted molar refractivity (Wildman–Crippen MR) is 135 cm³/mol. The first kappa shape index (κ1) is 28.7. The van der Waals surface area contributed by atoms with Crippen molar-refractivity contribution in [2.45, 2.75) is 62.3 Å². The van der Waals surface area contributed by atoms with Crippen LogP contribution in [0.2, 0.25) is 0 Å². The Morgan fingerprint density at radius 1 is 0.939 bits per heavy atom. The van der Waals surface area contributed by atoms with Gasteiger partial charge in [0, 0.05) is 43.2 Å². The molecule has 33 heavy (non-hydrogen) atoms. The van der Waals surface area contributed by atoms with Crippen LogP contribution in [0.3, 0.4) is 0 Å². The molecule has 2 aromatic carbocycles. The molecule has 3 rings (SSSR count). The molecule has 1 N–H and O–H groups in total. The van der Waals surface area contributed by atoms with Crippen molar-refractivity contribution in [1.29, 1.82) is 0 Å². The SMILES string of the molecule is CC(C)(C)C(=O)/C=C(\O)C(C)(C)C.Cc1cc[c-]c(-c2ncc3ccccc3c2C)c1C.[Ir]. The summed E-state index contributed by atoms with van der Waals surface area (Å²) in [7, 11) is 0. The van der Waals surface area contributed by atoms with E-state index in [1.165, 1.54) is 33.5 Å². The average Bonchev–Trinajstić information content (AvgIpc) is 2.70. The van der Waals surface area contributed by atoms with Gasteiger partial charge in [-0.2, -0.15) is 0 Å². The van der Waals surface area contributed by atoms with Crippen LogP contribution in [-0.2, 0) is 24.9 Å². The number of fused-ring (bicyclic) bond motifs is 1. The van der Waals surface area contributed by atoms with E-state index in [0.717, 1.165) is 11.3 Å². The van der Waals surface area contributed by atoms with Crippen LogP contribution in [-0.4, -0.2) is 15.9 Å². The van der Waals surface area contributed by atoms with E-state index in [0.29, 0.717) is 0 Å². The predicted octanol–water partition coefficient (Wildman–Crippen LogP) is 7.71. The standard InChI is InChI=1S/C18H16N.C11H20O2.Ir/c1-12-7-6-10-17(13(12)2)18-14(3)16-9-5-4-8-15(16)11-19-18;1-10(2,3)8(12)7-9(13)11(4,5)6;/h4-9,11H,1-3H3;7,12H,1-6H3;/q-1;;/b;8-7-;. The smallest absolute Gasteiger partial charge is 0.164 e. The Bertz CT molecular complexity index is 1150. The van der Waals surface area contributed by atoms with Crippen LogP contribution in [0.1, 0.15) is 58.2 Å². The van der Waals surface area contributed by atoms with Crippen molar-refractivity contribution < 1.29 is 30.0 Å². The van der Waals surface area contributed by atoms with E-state index in [9.17, 15) is 9.90 Å². The molecule has 0 fully saturated rings. The van der Waals surface area contributed by atoms with Crippen LogP contribution in [0, 0.1) is 37.7 Å². The van der Waals surface area contributed by atoms with Gasteiger partial charge in [-0.05, 0) is 23.4 Å². The monoisotopic (exact) mass is 623 g/mol. The summed E-state index contributed by atoms with van der Waals surface area (Å²) in [5, 5.41) is 12.0. The zero-order valence-electron chi connectivity index (χ0n) is 21.3. The molecule has 0 saturated heterocycles. The van der Waals surface area contributed by atoms with Gasteiger partial charge in [-0.25, -0.2) is 0 Å². The van der Waals surface area contributed by atoms with E-state index < -0.39 is 5.41 Å². The molecule has 1 radical (unpaired) electrons. The van der Waals surface area contributed by atoms with Gasteiger partial charge in [-0.3, -0.25) is 4.79 Å². The molecular formula is C29H36IrNO2-. The first-order chi connectivity index (χ1) is 14.7. The maximum atomic E-state index is 11.5. The van der Waals surface area contributed by atoms with Crippen molar-refractivity contribution in [3.05, 3.63) is 77.2 Å². The van der Waals surface area contributed by atoms with Gasteiger partial charge in [0.05, 0.1) is 0 Å². The Labute approximate surface area is 212 Å². The summed E-state index contributed by atoms with van der Waals surface area (Å²) in [5.41, 5.74) is 5.16. The number of benzene rings is 2. The van der Waals surface area contributed by atoms with Crippen molar-refractivity contribution >= 4 is 16.6 Å². The van der Waals surface area contributed by atoms with Crippen molar-refractivity contribution in [3.8, 4) is 11.3 Å². The van der Waals surface area contributed by atoms with Gasteiger partial charge in [0.1, 0.15) is 5.76 Å². The number of allylic oxidation sites excluding steroid dienone is 2. The fourth-order valence-electron chi connectivity index (χ4n) is 3.05. The normalized spacial score (nSPS) is 12.0. The molecule has 3 nitrogen and oxygen atoms in total. The second-order valence-corrected chi connectivity index (χ2v) is 10.4. The van der Waals surface area contributed by atoms with E-state index >= 15 is 0 Å². The van der Waals surface area contributed by atoms with E-state index in [4.69, 9.17) is 0 Å². The molecule has 0 atom stereocenters. The summed E-state index contributed by atoms with van der Waals surface area (Å²) in [5.74, 6) is 0.104. The maximum absolute atomic E-state index is 11.5. The molecule has 0 unspecified atom stereocenters. The molecule has 0 spiro atoms. The maximum Gasteiger partial charge on any atom is 0.164 e. The summed E-state index contributed by atoms with van der Waals surface area (Å²) in [6, 6.07) is 15.8. The number of rotatable bonds is 2. The average molecular weight is 623 g/mol. The first-order valence-corrected chi connectivity index (χ1v) is 11.0. The van der Waals surface area contributed by atoms with Crippen molar-refractivity contribution in [2.75, 3.05) is 0 Å². The van der Waals surface area contributed by atoms with E-state index in [2.05, 4.69) is 56.1 Å². The van der Waals surface area contributed by atoms with Gasteiger partial charge in [0.15, 0.2) is 5.78 Å². The van der Waals surface area contributed by atoms with Crippen molar-refractivity contribution in [2.24, 2.45) is 10.8 Å². The molecular weight excluding hydrogens is 587 g/mol. The van der Waals surface area contributed by atoms with E-state index in [1.807, 2.05) is 59.9 Å². The number of ketones is 1. The minimum atomic E-state index is -0.417. The van der Waals surface area contributed by atoms with Gasteiger partial charge in [0.25, 0.3) is 0 Å². The van der Waals surface area contributed by atoms with E-state index in [1.54, 1.807) is 0 Å². The third-order valence-corrected chi connectivity index (χ3v) is 5.59. The van der Waals surface area contributed by atoms with Crippen LogP contribution in [0.4, 0.5) is 0 Å². The molecule has 0 aliphatic carbocycles. The van der Waals surface area contributed by atoms with Crippen LogP contribution in [0.5, 0.6) is 0 Å². The number of aromatic nitrogens is 1. The minimum Gasteiger partial charge on any atom is -0.512 e. The number of nitrogens with zero attached hydrogens (tertiary/aromatic N) is 1. The number of hydrogen-bond acceptors (Lipinski definition) is 3. The Hall–Kier alpha value is -2.29. The van der Waals surface area contributed by atoms with Crippen molar-refractivity contribution in [1.82, 2.24) is 4.98 Å². The molecule has 0 aliphatic rings. The zero-order chi connectivity index (χ0) is 24.3. The molecule has 4 heteroatoms. The third kappa shape index (κ3) is 7.35. The summed E-state index contributed by atoms with van der Waals surface area (Å²) >= 11 is 0. The number of carbonyl (C=O) groups is 1. The summed E-state index contributed by atoms with van der Waals surface area (Å²) in [4.78, 5) is 16.1. The fourth-order valence-corrected chi connectivity index (χ4v) is 3.05. The third-order valence-electron chi connectivity index (χ3n) is 5.59. The first-order valence-electron chi connectivity index (χ1n) is 11.0.